The Kier molecular flexibility index (Phi) is 5.63. The summed E-state index contributed by atoms with van der Waals surface area (Å²) in [5, 5.41) is 23.6. The largest absolute Gasteiger partial charge is 0.503 e. The molecular weight excluding hydrogens is 420 g/mol. The van der Waals surface area contributed by atoms with Crippen LogP contribution in [-0.4, -0.2) is 42.7 Å². The van der Waals surface area contributed by atoms with Crippen LogP contribution in [0.5, 0.6) is 0 Å². The molecule has 1 aliphatic rings. The van der Waals surface area contributed by atoms with Gasteiger partial charge in [0.1, 0.15) is 0 Å². The molecule has 0 saturated heterocycles. The van der Waals surface area contributed by atoms with Gasteiger partial charge in [-0.25, -0.2) is 4.98 Å². The van der Waals surface area contributed by atoms with Crippen molar-refractivity contribution in [3.63, 3.8) is 0 Å². The zero-order valence-electron chi connectivity index (χ0n) is 16.2. The first-order chi connectivity index (χ1) is 15.0. The number of thiophene rings is 1. The number of benzene rings is 1. The number of non-ortho nitro benzene ring substituents is 1. The zero-order valence-corrected chi connectivity index (χ0v) is 17.1. The summed E-state index contributed by atoms with van der Waals surface area (Å²) < 4.78 is 1.86. The van der Waals surface area contributed by atoms with E-state index in [0.717, 1.165) is 0 Å². The number of nitro benzene ring substituents is 1. The van der Waals surface area contributed by atoms with Gasteiger partial charge in [0.15, 0.2) is 5.76 Å². The molecule has 1 aliphatic heterocycles. The Morgan fingerprint density at radius 1 is 1.26 bits per heavy atom. The molecule has 0 radical (unpaired) electrons. The van der Waals surface area contributed by atoms with E-state index in [9.17, 15) is 24.8 Å². The molecular formula is C21H18N4O5S. The Hall–Kier alpha value is -3.79. The molecule has 1 atom stereocenters. The molecule has 0 saturated carbocycles. The second-order valence-corrected chi connectivity index (χ2v) is 7.92. The van der Waals surface area contributed by atoms with E-state index in [1.165, 1.54) is 34.4 Å². The number of imidazole rings is 1. The van der Waals surface area contributed by atoms with Crippen molar-refractivity contribution in [3.05, 3.63) is 92.4 Å². The lowest BCUT2D eigenvalue weighted by Crippen LogP contribution is -2.32. The van der Waals surface area contributed by atoms with Crippen molar-refractivity contribution in [3.8, 4) is 0 Å². The molecule has 0 spiro atoms. The van der Waals surface area contributed by atoms with Crippen LogP contribution in [-0.2, 0) is 11.3 Å². The molecule has 9 nitrogen and oxygen atoms in total. The first kappa shape index (κ1) is 20.5. The maximum absolute atomic E-state index is 13.1. The zero-order chi connectivity index (χ0) is 22.0. The Bertz CT molecular complexity index is 1150. The van der Waals surface area contributed by atoms with E-state index >= 15 is 0 Å². The van der Waals surface area contributed by atoms with Crippen LogP contribution in [0.1, 0.15) is 27.7 Å². The monoisotopic (exact) mass is 438 g/mol. The lowest BCUT2D eigenvalue weighted by molar-refractivity contribution is -0.384. The number of hydrogen-bond acceptors (Lipinski definition) is 7. The fourth-order valence-electron chi connectivity index (χ4n) is 3.65. The van der Waals surface area contributed by atoms with Crippen LogP contribution in [0, 0.1) is 10.1 Å². The Morgan fingerprint density at radius 3 is 2.77 bits per heavy atom. The summed E-state index contributed by atoms with van der Waals surface area (Å²) in [4.78, 5) is 42.5. The van der Waals surface area contributed by atoms with Gasteiger partial charge in [0.2, 0.25) is 5.78 Å². The van der Waals surface area contributed by atoms with Gasteiger partial charge in [-0.2, -0.15) is 0 Å². The van der Waals surface area contributed by atoms with E-state index in [0.29, 0.717) is 23.4 Å². The molecule has 3 aromatic rings. The summed E-state index contributed by atoms with van der Waals surface area (Å²) >= 11 is 1.20. The molecule has 10 heteroatoms. The summed E-state index contributed by atoms with van der Waals surface area (Å²) in [7, 11) is 0. The summed E-state index contributed by atoms with van der Waals surface area (Å²) in [6.07, 6.45) is 5.65. The average Bonchev–Trinajstić information content (AvgIpc) is 3.52. The van der Waals surface area contributed by atoms with E-state index in [-0.39, 0.29) is 17.8 Å². The minimum absolute atomic E-state index is 0.0596. The number of nitrogens with zero attached hydrogens (tertiary/aromatic N) is 4. The van der Waals surface area contributed by atoms with Crippen molar-refractivity contribution in [1.29, 1.82) is 0 Å². The van der Waals surface area contributed by atoms with E-state index in [2.05, 4.69) is 4.98 Å². The Labute approximate surface area is 181 Å². The quantitative estimate of drug-likeness (QED) is 0.327. The second kappa shape index (κ2) is 8.52. The molecule has 0 aliphatic carbocycles. The molecule has 4 rings (SSSR count). The standard InChI is InChI=1S/C21H18N4O5S/c26-19(16-6-2-11-31-16)17-18(14-4-1-5-15(12-14)25(29)30)24(21(28)20(17)27)9-3-8-23-10-7-22-13-23/h1-2,4-7,10-13,18,27H,3,8-9H2. The molecule has 1 aromatic carbocycles. The van der Waals surface area contributed by atoms with E-state index < -0.39 is 28.4 Å². The number of aliphatic hydroxyl groups excluding tert-OH is 1. The van der Waals surface area contributed by atoms with Gasteiger partial charge in [-0.1, -0.05) is 18.2 Å². The molecule has 158 valence electrons. The second-order valence-electron chi connectivity index (χ2n) is 6.98. The van der Waals surface area contributed by atoms with Crippen molar-refractivity contribution < 1.29 is 19.6 Å². The van der Waals surface area contributed by atoms with Gasteiger partial charge in [0.05, 0.1) is 27.7 Å². The predicted molar refractivity (Wildman–Crippen MR) is 113 cm³/mol. The SMILES string of the molecule is O=C(C1=C(O)C(=O)N(CCCn2ccnc2)C1c1cccc([N+](=O)[O-])c1)c1cccs1. The number of rotatable bonds is 8. The van der Waals surface area contributed by atoms with Crippen molar-refractivity contribution in [1.82, 2.24) is 14.5 Å². The molecule has 1 N–H and O–H groups in total. The van der Waals surface area contributed by atoms with Crippen molar-refractivity contribution >= 4 is 28.7 Å². The summed E-state index contributed by atoms with van der Waals surface area (Å²) in [6.45, 7) is 0.829. The molecule has 3 heterocycles. The first-order valence-corrected chi connectivity index (χ1v) is 10.4. The summed E-state index contributed by atoms with van der Waals surface area (Å²) in [5.74, 6) is -1.74. The van der Waals surface area contributed by atoms with Gasteiger partial charge in [-0.05, 0) is 23.4 Å². The van der Waals surface area contributed by atoms with Crippen LogP contribution in [0.25, 0.3) is 0 Å². The highest BCUT2D eigenvalue weighted by Crippen LogP contribution is 2.40. The normalized spacial score (nSPS) is 16.2. The number of aryl methyl sites for hydroxylation is 1. The van der Waals surface area contributed by atoms with Gasteiger partial charge < -0.3 is 14.6 Å². The van der Waals surface area contributed by atoms with Crippen LogP contribution >= 0.6 is 11.3 Å². The molecule has 2 aromatic heterocycles. The third-order valence-corrected chi connectivity index (χ3v) is 5.93. The average molecular weight is 438 g/mol. The molecule has 0 bridgehead atoms. The topological polar surface area (TPSA) is 119 Å². The molecule has 0 fully saturated rings. The number of aliphatic hydroxyl groups is 1. The van der Waals surface area contributed by atoms with E-state index in [1.807, 2.05) is 4.57 Å². The number of amides is 1. The fraction of sp³-hybridized carbons (Fsp3) is 0.190. The van der Waals surface area contributed by atoms with Gasteiger partial charge in [-0.15, -0.1) is 11.3 Å². The number of ketones is 1. The maximum Gasteiger partial charge on any atom is 0.290 e. The molecule has 1 unspecified atom stereocenters. The van der Waals surface area contributed by atoms with Crippen LogP contribution in [0.2, 0.25) is 0 Å². The van der Waals surface area contributed by atoms with Crippen LogP contribution in [0.4, 0.5) is 5.69 Å². The number of hydrogen-bond donors (Lipinski definition) is 1. The number of Topliss-reactive ketones (excluding diaryl/α,β-unsaturated/α-hetero) is 1. The fourth-order valence-corrected chi connectivity index (χ4v) is 4.33. The maximum atomic E-state index is 13.1. The highest BCUT2D eigenvalue weighted by atomic mass is 32.1. The number of carbonyl (C=O) groups is 2. The van der Waals surface area contributed by atoms with Crippen molar-refractivity contribution in [2.45, 2.75) is 19.0 Å². The highest BCUT2D eigenvalue weighted by molar-refractivity contribution is 7.12. The molecule has 31 heavy (non-hydrogen) atoms. The Morgan fingerprint density at radius 2 is 2.10 bits per heavy atom. The highest BCUT2D eigenvalue weighted by Gasteiger charge is 2.44. The van der Waals surface area contributed by atoms with Gasteiger partial charge in [0.25, 0.3) is 11.6 Å². The van der Waals surface area contributed by atoms with Gasteiger partial charge >= 0.3 is 0 Å². The van der Waals surface area contributed by atoms with Crippen molar-refractivity contribution in [2.24, 2.45) is 0 Å². The van der Waals surface area contributed by atoms with E-state index in [1.54, 1.807) is 42.3 Å². The Balaban J connectivity index is 1.70. The van der Waals surface area contributed by atoms with E-state index in [4.69, 9.17) is 0 Å². The van der Waals surface area contributed by atoms with Crippen LogP contribution < -0.4 is 0 Å². The predicted octanol–water partition coefficient (Wildman–Crippen LogP) is 3.52. The molecule has 1 amide bonds. The van der Waals surface area contributed by atoms with Crippen molar-refractivity contribution in [2.75, 3.05) is 6.54 Å². The minimum Gasteiger partial charge on any atom is -0.503 e. The van der Waals surface area contributed by atoms with Crippen LogP contribution in [0.15, 0.2) is 71.8 Å². The van der Waals surface area contributed by atoms with Gasteiger partial charge in [-0.3, -0.25) is 19.7 Å². The third-order valence-electron chi connectivity index (χ3n) is 5.06. The smallest absolute Gasteiger partial charge is 0.290 e. The van der Waals surface area contributed by atoms with Gasteiger partial charge in [0, 0.05) is 37.6 Å². The summed E-state index contributed by atoms with van der Waals surface area (Å²) in [5.41, 5.74) is 0.183. The number of nitro groups is 1. The summed E-state index contributed by atoms with van der Waals surface area (Å²) in [6, 6.07) is 8.21. The minimum atomic E-state index is -0.912. The number of carbonyl (C=O) groups excluding carboxylic acids is 2. The number of aromatic nitrogens is 2. The lowest BCUT2D eigenvalue weighted by atomic mass is 9.95. The van der Waals surface area contributed by atoms with Crippen LogP contribution in [0.3, 0.4) is 0 Å². The lowest BCUT2D eigenvalue weighted by Gasteiger charge is -2.26. The first-order valence-electron chi connectivity index (χ1n) is 9.49. The third kappa shape index (κ3) is 3.97.